The number of aromatic nitrogens is 2. The van der Waals surface area contributed by atoms with E-state index < -0.39 is 6.29 Å². The van der Waals surface area contributed by atoms with Crippen LogP contribution in [0, 0.1) is 0 Å². The summed E-state index contributed by atoms with van der Waals surface area (Å²) in [5.41, 5.74) is 2.78. The van der Waals surface area contributed by atoms with E-state index in [-0.39, 0.29) is 5.78 Å². The molecule has 3 aromatic rings. The van der Waals surface area contributed by atoms with Crippen LogP contribution in [0.2, 0.25) is 0 Å². The van der Waals surface area contributed by atoms with Crippen LogP contribution in [0.4, 0.5) is 0 Å². The average molecular weight is 579 g/mol. The Morgan fingerprint density at radius 1 is 0.879 bits per heavy atom. The van der Waals surface area contributed by atoms with E-state index in [0.29, 0.717) is 19.2 Å². The first kappa shape index (κ1) is 27.6. The number of Topliss-reactive ketones (excluding diaryl/α,β-unsaturated/α-hetero) is 1. The zero-order chi connectivity index (χ0) is 24.5. The number of nitrogens with zero attached hydrogens (tertiary/aromatic N) is 2. The van der Waals surface area contributed by atoms with Gasteiger partial charge in [-0.05, 0) is 37.3 Å². The summed E-state index contributed by atoms with van der Waals surface area (Å²) in [5.74, 6) is 0.0984. The topological polar surface area (TPSA) is 130 Å². The summed E-state index contributed by atoms with van der Waals surface area (Å²) in [6.45, 7) is 1.56. The third-order valence-electron chi connectivity index (χ3n) is 3.64. The summed E-state index contributed by atoms with van der Waals surface area (Å²) in [6, 6.07) is 17.3. The largest absolute Gasteiger partial charge is 0.321 e. The molecular weight excluding hydrogens is 558 g/mol. The van der Waals surface area contributed by atoms with E-state index in [4.69, 9.17) is 0 Å². The SMILES string of the molecule is Brc1cccc(-c2ccncn2)c1.CC(=O)c1cccc(Br)c1.O=CNC(NC=O)NC=O. The second-order valence-electron chi connectivity index (χ2n) is 5.96. The van der Waals surface area contributed by atoms with Crippen LogP contribution in [-0.4, -0.2) is 41.3 Å². The Bertz CT molecular complexity index is 1010. The number of rotatable bonds is 8. The zero-order valence-electron chi connectivity index (χ0n) is 17.4. The van der Waals surface area contributed by atoms with Crippen molar-refractivity contribution in [1.29, 1.82) is 0 Å². The maximum absolute atomic E-state index is 10.8. The fraction of sp³-hybridized carbons (Fsp3) is 0.0909. The van der Waals surface area contributed by atoms with E-state index in [0.717, 1.165) is 25.8 Å². The Morgan fingerprint density at radius 3 is 1.88 bits per heavy atom. The third-order valence-corrected chi connectivity index (χ3v) is 4.62. The third kappa shape index (κ3) is 11.7. The normalized spacial score (nSPS) is 9.21. The van der Waals surface area contributed by atoms with Gasteiger partial charge in [-0.25, -0.2) is 9.97 Å². The molecule has 0 aliphatic carbocycles. The Hall–Kier alpha value is -3.44. The molecule has 0 unspecified atom stereocenters. The number of halogens is 2. The van der Waals surface area contributed by atoms with Crippen molar-refractivity contribution in [2.75, 3.05) is 0 Å². The molecule has 0 saturated carbocycles. The molecule has 11 heteroatoms. The molecule has 0 aliphatic heterocycles. The maximum Gasteiger partial charge on any atom is 0.210 e. The van der Waals surface area contributed by atoms with E-state index >= 15 is 0 Å². The lowest BCUT2D eigenvalue weighted by atomic mass is 10.1. The highest BCUT2D eigenvalue weighted by Gasteiger charge is 2.00. The van der Waals surface area contributed by atoms with Crippen LogP contribution in [0.25, 0.3) is 11.3 Å². The Kier molecular flexibility index (Phi) is 13.6. The van der Waals surface area contributed by atoms with Crippen molar-refractivity contribution in [2.45, 2.75) is 13.2 Å². The summed E-state index contributed by atoms with van der Waals surface area (Å²) in [5, 5.41) is 6.36. The van der Waals surface area contributed by atoms with Crippen LogP contribution in [0.5, 0.6) is 0 Å². The highest BCUT2D eigenvalue weighted by Crippen LogP contribution is 2.20. The van der Waals surface area contributed by atoms with Crippen molar-refractivity contribution in [2.24, 2.45) is 0 Å². The van der Waals surface area contributed by atoms with Crippen molar-refractivity contribution in [3.05, 3.63) is 81.6 Å². The molecule has 0 fully saturated rings. The fourth-order valence-electron chi connectivity index (χ4n) is 2.17. The minimum atomic E-state index is -0.826. The highest BCUT2D eigenvalue weighted by atomic mass is 79.9. The molecule has 1 aromatic heterocycles. The number of hydrogen-bond acceptors (Lipinski definition) is 6. The molecule has 1 heterocycles. The molecular formula is C22H21Br2N5O4. The first-order chi connectivity index (χ1) is 15.9. The minimum absolute atomic E-state index is 0.0984. The van der Waals surface area contributed by atoms with Gasteiger partial charge in [-0.2, -0.15) is 0 Å². The van der Waals surface area contributed by atoms with Gasteiger partial charge in [-0.15, -0.1) is 0 Å². The molecule has 172 valence electrons. The van der Waals surface area contributed by atoms with Crippen LogP contribution in [-0.2, 0) is 14.4 Å². The summed E-state index contributed by atoms with van der Waals surface area (Å²) in [4.78, 5) is 48.0. The maximum atomic E-state index is 10.8. The average Bonchev–Trinajstić information content (AvgIpc) is 2.81. The summed E-state index contributed by atoms with van der Waals surface area (Å²) >= 11 is 6.69. The first-order valence-corrected chi connectivity index (χ1v) is 10.9. The number of carbonyl (C=O) groups excluding carboxylic acids is 4. The molecule has 0 bridgehead atoms. The van der Waals surface area contributed by atoms with Gasteiger partial charge >= 0.3 is 0 Å². The van der Waals surface area contributed by atoms with Gasteiger partial charge in [-0.1, -0.05) is 56.1 Å². The first-order valence-electron chi connectivity index (χ1n) is 9.28. The van der Waals surface area contributed by atoms with Crippen LogP contribution in [0.3, 0.4) is 0 Å². The van der Waals surface area contributed by atoms with Crippen molar-refractivity contribution < 1.29 is 19.2 Å². The second kappa shape index (κ2) is 16.2. The van der Waals surface area contributed by atoms with Crippen LogP contribution >= 0.6 is 31.9 Å². The predicted molar refractivity (Wildman–Crippen MR) is 131 cm³/mol. The Morgan fingerprint density at radius 2 is 1.45 bits per heavy atom. The van der Waals surface area contributed by atoms with Crippen LogP contribution < -0.4 is 16.0 Å². The smallest absolute Gasteiger partial charge is 0.210 e. The Balaban J connectivity index is 0.000000252. The molecule has 0 spiro atoms. The molecule has 3 N–H and O–H groups in total. The van der Waals surface area contributed by atoms with Gasteiger partial charge in [0.2, 0.25) is 19.2 Å². The molecule has 2 aromatic carbocycles. The molecule has 0 radical (unpaired) electrons. The summed E-state index contributed by atoms with van der Waals surface area (Å²) in [7, 11) is 0. The minimum Gasteiger partial charge on any atom is -0.321 e. The van der Waals surface area contributed by atoms with E-state index in [1.165, 1.54) is 0 Å². The van der Waals surface area contributed by atoms with Gasteiger partial charge in [0.15, 0.2) is 12.1 Å². The fourth-order valence-corrected chi connectivity index (χ4v) is 2.96. The van der Waals surface area contributed by atoms with E-state index in [2.05, 4.69) is 57.8 Å². The molecule has 9 nitrogen and oxygen atoms in total. The molecule has 3 rings (SSSR count). The lowest BCUT2D eigenvalue weighted by Gasteiger charge is -2.11. The number of benzene rings is 2. The number of carbonyl (C=O) groups is 4. The van der Waals surface area contributed by atoms with Crippen molar-refractivity contribution >= 4 is 56.9 Å². The predicted octanol–water partition coefficient (Wildman–Crippen LogP) is 3.07. The number of amides is 3. The van der Waals surface area contributed by atoms with Crippen LogP contribution in [0.1, 0.15) is 17.3 Å². The zero-order valence-corrected chi connectivity index (χ0v) is 20.6. The van der Waals surface area contributed by atoms with Crippen molar-refractivity contribution in [1.82, 2.24) is 25.9 Å². The van der Waals surface area contributed by atoms with Gasteiger partial charge in [0, 0.05) is 26.3 Å². The van der Waals surface area contributed by atoms with Crippen molar-refractivity contribution in [3.8, 4) is 11.3 Å². The number of nitrogens with one attached hydrogen (secondary N) is 3. The molecule has 0 aliphatic rings. The monoisotopic (exact) mass is 577 g/mol. The van der Waals surface area contributed by atoms with Gasteiger partial charge in [0.25, 0.3) is 0 Å². The molecule has 0 saturated heterocycles. The van der Waals surface area contributed by atoms with E-state index in [9.17, 15) is 19.2 Å². The molecule has 0 atom stereocenters. The lowest BCUT2D eigenvalue weighted by molar-refractivity contribution is -0.114. The van der Waals surface area contributed by atoms with Gasteiger partial charge in [0.05, 0.1) is 5.69 Å². The van der Waals surface area contributed by atoms with Gasteiger partial charge in [-0.3, -0.25) is 19.2 Å². The highest BCUT2D eigenvalue weighted by molar-refractivity contribution is 9.10. The molecule has 33 heavy (non-hydrogen) atoms. The summed E-state index contributed by atoms with van der Waals surface area (Å²) in [6.07, 6.45) is 3.54. The number of ketones is 1. The lowest BCUT2D eigenvalue weighted by Crippen LogP contribution is -2.51. The van der Waals surface area contributed by atoms with E-state index in [1.807, 2.05) is 48.5 Å². The Labute approximate surface area is 207 Å². The van der Waals surface area contributed by atoms with Gasteiger partial charge in [0.1, 0.15) is 6.33 Å². The summed E-state index contributed by atoms with van der Waals surface area (Å²) < 4.78 is 2.00. The second-order valence-corrected chi connectivity index (χ2v) is 7.79. The van der Waals surface area contributed by atoms with Crippen LogP contribution in [0.15, 0.2) is 76.1 Å². The van der Waals surface area contributed by atoms with Gasteiger partial charge < -0.3 is 16.0 Å². The van der Waals surface area contributed by atoms with E-state index in [1.54, 1.807) is 25.5 Å². The van der Waals surface area contributed by atoms with Crippen molar-refractivity contribution in [3.63, 3.8) is 0 Å². The standard InChI is InChI=1S/C10H7BrN2.C8H7BrO.C4H7N3O3/c11-9-3-1-2-8(6-9)10-4-5-12-7-13-10;1-6(10)7-3-2-4-8(9)5-7;8-1-5-4(6-2-9)7-3-10/h1-7H;2-5H,1H3;1-4H,(H,5,8)(H,6,9)(H,7,10). The number of hydrogen-bond donors (Lipinski definition) is 3. The quantitative estimate of drug-likeness (QED) is 0.214. The molecule has 3 amide bonds.